The molecular weight excluding hydrogens is 553 g/mol. The summed E-state index contributed by atoms with van der Waals surface area (Å²) in [6.45, 7) is -0.312. The summed E-state index contributed by atoms with van der Waals surface area (Å²) < 4.78 is 120. The first kappa shape index (κ1) is 26.9. The number of nitrogens with zero attached hydrogens (tertiary/aromatic N) is 1. The number of sulfone groups is 1. The Morgan fingerprint density at radius 3 is 2.05 bits per heavy atom. The molecule has 196 valence electrons. The molecule has 37 heavy (non-hydrogen) atoms. The van der Waals surface area contributed by atoms with Gasteiger partial charge in [0, 0.05) is 18.9 Å². The van der Waals surface area contributed by atoms with Crippen molar-refractivity contribution in [3.63, 3.8) is 0 Å². The summed E-state index contributed by atoms with van der Waals surface area (Å²) in [5.41, 5.74) is 0.183. The smallest absolute Gasteiger partial charge is 0.222 e. The molecule has 0 amide bonds. The molecule has 0 atom stereocenters. The van der Waals surface area contributed by atoms with E-state index in [1.54, 1.807) is 10.8 Å². The Morgan fingerprint density at radius 1 is 0.838 bits per heavy atom. The molecule has 1 N–H and O–H groups in total. The Balaban J connectivity index is 1.79. The van der Waals surface area contributed by atoms with E-state index in [4.69, 9.17) is 0 Å². The fraction of sp³-hybridized carbons (Fsp3) is 0.130. The molecule has 0 aliphatic rings. The van der Waals surface area contributed by atoms with Gasteiger partial charge in [-0.05, 0) is 42.0 Å². The Kier molecular flexibility index (Phi) is 6.73. The number of fused-ring (bicyclic) bond motifs is 1. The fourth-order valence-electron chi connectivity index (χ4n) is 3.50. The van der Waals surface area contributed by atoms with Crippen LogP contribution in [-0.2, 0) is 36.4 Å². The van der Waals surface area contributed by atoms with Crippen LogP contribution < -0.4 is 4.72 Å². The van der Waals surface area contributed by atoms with E-state index in [1.807, 2.05) is 0 Å². The van der Waals surface area contributed by atoms with Gasteiger partial charge in [0.1, 0.15) is 10.7 Å². The average Bonchev–Trinajstić information content (AvgIpc) is 3.24. The molecule has 4 aromatic rings. The summed E-state index contributed by atoms with van der Waals surface area (Å²) in [6, 6.07) is 16.2. The zero-order valence-corrected chi connectivity index (χ0v) is 21.4. The number of rotatable bonds is 8. The molecule has 0 saturated carbocycles. The van der Waals surface area contributed by atoms with Crippen LogP contribution in [0.5, 0.6) is 0 Å². The van der Waals surface area contributed by atoms with Crippen molar-refractivity contribution in [1.82, 2.24) is 8.69 Å². The normalized spacial score (nSPS) is 13.2. The maximum Gasteiger partial charge on any atom is 0.356 e. The number of alkyl halides is 2. The quantitative estimate of drug-likeness (QED) is 0.342. The number of benzene rings is 3. The number of halogens is 3. The molecule has 0 fully saturated rings. The van der Waals surface area contributed by atoms with Gasteiger partial charge in [0.15, 0.2) is 5.03 Å². The van der Waals surface area contributed by atoms with Crippen LogP contribution in [0.3, 0.4) is 0 Å². The topological polar surface area (TPSA) is 119 Å². The van der Waals surface area contributed by atoms with Crippen molar-refractivity contribution < 1.29 is 38.4 Å². The van der Waals surface area contributed by atoms with Crippen LogP contribution in [0.15, 0.2) is 93.7 Å². The average molecular weight is 573 g/mol. The zero-order chi connectivity index (χ0) is 27.2. The lowest BCUT2D eigenvalue weighted by Gasteiger charge is -2.14. The molecule has 1 heterocycles. The summed E-state index contributed by atoms with van der Waals surface area (Å²) >= 11 is 0. The minimum absolute atomic E-state index is 0.0100. The first-order valence-corrected chi connectivity index (χ1v) is 14.9. The summed E-state index contributed by atoms with van der Waals surface area (Å²) in [4.78, 5) is -1.07. The molecule has 0 spiro atoms. The molecule has 0 saturated heterocycles. The lowest BCUT2D eigenvalue weighted by Crippen LogP contribution is -2.36. The van der Waals surface area contributed by atoms with Gasteiger partial charge in [-0.1, -0.05) is 42.5 Å². The third-order valence-electron chi connectivity index (χ3n) is 5.44. The van der Waals surface area contributed by atoms with E-state index in [2.05, 4.69) is 0 Å². The van der Waals surface area contributed by atoms with E-state index < -0.39 is 57.4 Å². The summed E-state index contributed by atoms with van der Waals surface area (Å²) in [6.07, 6.45) is 0. The minimum atomic E-state index is -4.95. The van der Waals surface area contributed by atoms with Gasteiger partial charge in [-0.25, -0.2) is 38.3 Å². The third-order valence-corrected chi connectivity index (χ3v) is 10.5. The second-order valence-corrected chi connectivity index (χ2v) is 13.7. The highest BCUT2D eigenvalue weighted by atomic mass is 32.2. The molecule has 14 heteroatoms. The molecule has 3 aromatic carbocycles. The van der Waals surface area contributed by atoms with Crippen LogP contribution >= 0.6 is 0 Å². The summed E-state index contributed by atoms with van der Waals surface area (Å²) in [7, 11) is -14.2. The van der Waals surface area contributed by atoms with Gasteiger partial charge in [-0.2, -0.15) is 8.78 Å². The predicted molar refractivity (Wildman–Crippen MR) is 129 cm³/mol. The van der Waals surface area contributed by atoms with E-state index in [-0.39, 0.29) is 28.3 Å². The lowest BCUT2D eigenvalue weighted by molar-refractivity contribution is 0.112. The Bertz CT molecular complexity index is 1810. The van der Waals surface area contributed by atoms with Crippen LogP contribution in [0.2, 0.25) is 0 Å². The van der Waals surface area contributed by atoms with E-state index in [9.17, 15) is 38.4 Å². The maximum absolute atomic E-state index is 14.5. The van der Waals surface area contributed by atoms with E-state index in [1.165, 1.54) is 42.5 Å². The molecule has 4 rings (SSSR count). The standard InChI is InChI=1S/C23H19F3N2O6S3/c1-23(25,26)37(33,34)27-15-16-10-12-18(13-11-16)35(29,30)22-14-17-6-2-4-8-20(17)28(22)36(31,32)21-9-5-3-7-19(21)24/h2-14,27H,15H2,1H3. The SMILES string of the molecule is CC(F)(F)S(=O)(=O)NCc1ccc(S(=O)(=O)c2cc3ccccc3n2S(=O)(=O)c2ccccc2F)cc1. The number of hydrogen-bond acceptors (Lipinski definition) is 6. The Labute approximate surface area is 211 Å². The molecule has 1 aromatic heterocycles. The van der Waals surface area contributed by atoms with E-state index >= 15 is 0 Å². The number of hydrogen-bond donors (Lipinski definition) is 1. The number of sulfonamides is 1. The van der Waals surface area contributed by atoms with Crippen molar-refractivity contribution >= 4 is 40.8 Å². The summed E-state index contributed by atoms with van der Waals surface area (Å²) in [5.74, 6) is -1.06. The first-order chi connectivity index (χ1) is 17.2. The molecule has 0 aliphatic heterocycles. The number of para-hydroxylation sites is 1. The number of aromatic nitrogens is 1. The second-order valence-electron chi connectivity index (χ2n) is 8.02. The van der Waals surface area contributed by atoms with Crippen LogP contribution in [0.4, 0.5) is 13.2 Å². The predicted octanol–water partition coefficient (Wildman–Crippen LogP) is 3.88. The highest BCUT2D eigenvalue weighted by molar-refractivity contribution is 7.93. The number of nitrogens with one attached hydrogen (secondary N) is 1. The largest absolute Gasteiger partial charge is 0.356 e. The van der Waals surface area contributed by atoms with Crippen LogP contribution in [0.25, 0.3) is 10.9 Å². The third kappa shape index (κ3) is 4.89. The molecular formula is C23H19F3N2O6S3. The van der Waals surface area contributed by atoms with Gasteiger partial charge in [0.2, 0.25) is 9.84 Å². The highest BCUT2D eigenvalue weighted by Crippen LogP contribution is 2.32. The minimum Gasteiger partial charge on any atom is -0.222 e. The van der Waals surface area contributed by atoms with E-state index in [0.29, 0.717) is 3.97 Å². The molecule has 0 radical (unpaired) electrons. The molecule has 8 nitrogen and oxygen atoms in total. The van der Waals surface area contributed by atoms with Crippen molar-refractivity contribution in [2.24, 2.45) is 0 Å². The monoisotopic (exact) mass is 572 g/mol. The van der Waals surface area contributed by atoms with Crippen LogP contribution in [0, 0.1) is 5.82 Å². The zero-order valence-electron chi connectivity index (χ0n) is 19.0. The van der Waals surface area contributed by atoms with Gasteiger partial charge < -0.3 is 0 Å². The van der Waals surface area contributed by atoms with Gasteiger partial charge >= 0.3 is 5.25 Å². The molecule has 0 bridgehead atoms. The van der Waals surface area contributed by atoms with Crippen LogP contribution in [0.1, 0.15) is 12.5 Å². The Morgan fingerprint density at radius 2 is 1.43 bits per heavy atom. The molecule has 0 unspecified atom stereocenters. The lowest BCUT2D eigenvalue weighted by atomic mass is 10.2. The fourth-order valence-corrected chi connectivity index (χ4v) is 7.51. The van der Waals surface area contributed by atoms with Gasteiger partial charge in [-0.15, -0.1) is 0 Å². The maximum atomic E-state index is 14.5. The van der Waals surface area contributed by atoms with Crippen molar-refractivity contribution in [1.29, 1.82) is 0 Å². The van der Waals surface area contributed by atoms with Crippen molar-refractivity contribution in [2.45, 2.75) is 33.5 Å². The van der Waals surface area contributed by atoms with Crippen molar-refractivity contribution in [2.75, 3.05) is 0 Å². The highest BCUT2D eigenvalue weighted by Gasteiger charge is 2.39. The summed E-state index contributed by atoms with van der Waals surface area (Å²) in [5, 5.41) is -4.39. The second kappa shape index (κ2) is 9.28. The van der Waals surface area contributed by atoms with Gasteiger partial charge in [0.05, 0.1) is 10.4 Å². The van der Waals surface area contributed by atoms with Gasteiger partial charge in [0.25, 0.3) is 20.0 Å². The van der Waals surface area contributed by atoms with Crippen LogP contribution in [-0.4, -0.2) is 34.5 Å². The van der Waals surface area contributed by atoms with Gasteiger partial charge in [-0.3, -0.25) is 0 Å². The van der Waals surface area contributed by atoms with Crippen molar-refractivity contribution in [3.8, 4) is 0 Å². The van der Waals surface area contributed by atoms with E-state index in [0.717, 1.165) is 30.3 Å². The molecule has 0 aliphatic carbocycles. The first-order valence-electron chi connectivity index (χ1n) is 10.5. The Hall–Kier alpha value is -3.20. The van der Waals surface area contributed by atoms with Crippen molar-refractivity contribution in [3.05, 3.63) is 90.2 Å².